The third kappa shape index (κ3) is 12.5. The Labute approximate surface area is 232 Å². The van der Waals surface area contributed by atoms with Gasteiger partial charge in [0.05, 0.1) is 6.61 Å². The minimum absolute atomic E-state index is 0.0401. The van der Waals surface area contributed by atoms with Gasteiger partial charge >= 0.3 is 0 Å². The molecule has 2 amide bonds. The Bertz CT molecular complexity index is 810. The van der Waals surface area contributed by atoms with Crippen LogP contribution >= 0.6 is 23.2 Å². The van der Waals surface area contributed by atoms with Crippen molar-refractivity contribution >= 4 is 41.5 Å². The van der Waals surface area contributed by atoms with Crippen molar-refractivity contribution < 1.29 is 19.1 Å². The van der Waals surface area contributed by atoms with Crippen molar-refractivity contribution in [2.45, 2.75) is 71.4 Å². The first-order valence-electron chi connectivity index (χ1n) is 13.1. The molecule has 2 fully saturated rings. The molecule has 1 heterocycles. The van der Waals surface area contributed by atoms with Gasteiger partial charge in [0.15, 0.2) is 0 Å². The molecule has 0 aromatic rings. The number of piperazine rings is 1. The van der Waals surface area contributed by atoms with Crippen LogP contribution in [0.4, 0.5) is 0 Å². The molecule has 0 aromatic carbocycles. The third-order valence-electron chi connectivity index (χ3n) is 6.80. The van der Waals surface area contributed by atoms with E-state index in [4.69, 9.17) is 33.7 Å². The van der Waals surface area contributed by atoms with Crippen molar-refractivity contribution in [3.63, 3.8) is 0 Å². The number of nitrogens with zero attached hydrogens (tertiary/aromatic N) is 2. The average Bonchev–Trinajstić information content (AvgIpc) is 3.12. The van der Waals surface area contributed by atoms with E-state index in [0.29, 0.717) is 48.2 Å². The summed E-state index contributed by atoms with van der Waals surface area (Å²) in [5, 5.41) is 3.81. The zero-order valence-electron chi connectivity index (χ0n) is 22.5. The van der Waals surface area contributed by atoms with Crippen LogP contribution in [0.2, 0.25) is 0 Å². The molecule has 3 unspecified atom stereocenters. The molecule has 1 saturated heterocycles. The van der Waals surface area contributed by atoms with Crippen molar-refractivity contribution in [3.05, 3.63) is 34.4 Å². The minimum atomic E-state index is -0.526. The fourth-order valence-electron chi connectivity index (χ4n) is 4.65. The summed E-state index contributed by atoms with van der Waals surface area (Å²) in [5.41, 5.74) is 6.38. The predicted molar refractivity (Wildman–Crippen MR) is 150 cm³/mol. The lowest BCUT2D eigenvalue weighted by molar-refractivity contribution is -0.138. The normalized spacial score (nSPS) is 22.2. The van der Waals surface area contributed by atoms with E-state index in [1.807, 2.05) is 24.8 Å². The second kappa shape index (κ2) is 18.4. The second-order valence-corrected chi connectivity index (χ2v) is 10.4. The zero-order valence-corrected chi connectivity index (χ0v) is 24.0. The molecule has 1 aliphatic heterocycles. The fraction of sp³-hybridized carbons (Fsp3) is 0.667. The Kier molecular flexibility index (Phi) is 16.5. The average molecular weight is 560 g/mol. The minimum Gasteiger partial charge on any atom is -0.468 e. The standard InChI is InChI=1S/C19H34N4O4.C8H10Cl2/c1-15(21-18(25)7-8-20)19(26)23-11-9-22(10-12-23)17-6-4-2-3-5-16(17)13-27-14-24;1-4-6(2)8(10)5-7(3)9/h14-17H,2-13,20H2,1H3,(H,21,25);4-5H,3H2,1-2H3/b;6-4-,8-5+. The molecule has 3 N–H and O–H groups in total. The van der Waals surface area contributed by atoms with Crippen LogP contribution in [-0.4, -0.2) is 79.5 Å². The topological polar surface area (TPSA) is 105 Å². The van der Waals surface area contributed by atoms with Crippen LogP contribution in [0.3, 0.4) is 0 Å². The lowest BCUT2D eigenvalue weighted by Gasteiger charge is -2.42. The molecule has 2 rings (SSSR count). The van der Waals surface area contributed by atoms with E-state index in [1.165, 1.54) is 19.3 Å². The number of rotatable bonds is 10. The largest absolute Gasteiger partial charge is 0.468 e. The molecular formula is C27H44Cl2N4O4. The summed E-state index contributed by atoms with van der Waals surface area (Å²) in [6.07, 6.45) is 9.59. The van der Waals surface area contributed by atoms with Gasteiger partial charge in [-0.2, -0.15) is 0 Å². The first-order chi connectivity index (χ1) is 17.6. The maximum Gasteiger partial charge on any atom is 0.293 e. The van der Waals surface area contributed by atoms with E-state index in [2.05, 4.69) is 16.8 Å². The van der Waals surface area contributed by atoms with Gasteiger partial charge in [-0.05, 0) is 45.3 Å². The molecule has 1 saturated carbocycles. The fourth-order valence-corrected chi connectivity index (χ4v) is 5.05. The molecule has 0 aromatic heterocycles. The van der Waals surface area contributed by atoms with Gasteiger partial charge < -0.3 is 20.7 Å². The maximum absolute atomic E-state index is 12.6. The molecule has 8 nitrogen and oxygen atoms in total. The summed E-state index contributed by atoms with van der Waals surface area (Å²) in [6, 6.07) is -0.117. The summed E-state index contributed by atoms with van der Waals surface area (Å²) in [6.45, 7) is 13.3. The van der Waals surface area contributed by atoms with Crippen LogP contribution in [0.25, 0.3) is 0 Å². The number of ether oxygens (including phenoxy) is 1. The number of nitrogens with two attached hydrogens (primary N) is 1. The number of allylic oxidation sites excluding steroid dienone is 5. The van der Waals surface area contributed by atoms with Gasteiger partial charge in [-0.25, -0.2) is 0 Å². The first-order valence-corrected chi connectivity index (χ1v) is 13.8. The molecular weight excluding hydrogens is 515 g/mol. The molecule has 3 atom stereocenters. The number of carbonyl (C=O) groups is 3. The molecule has 0 radical (unpaired) electrons. The van der Waals surface area contributed by atoms with Crippen LogP contribution in [0.1, 0.15) is 59.3 Å². The maximum atomic E-state index is 12.6. The van der Waals surface area contributed by atoms with Gasteiger partial charge in [0.25, 0.3) is 6.47 Å². The smallest absolute Gasteiger partial charge is 0.293 e. The Morgan fingerprint density at radius 1 is 1.16 bits per heavy atom. The highest BCUT2D eigenvalue weighted by Crippen LogP contribution is 2.28. The van der Waals surface area contributed by atoms with Crippen LogP contribution in [-0.2, 0) is 19.1 Å². The number of amides is 2. The Morgan fingerprint density at radius 2 is 1.81 bits per heavy atom. The van der Waals surface area contributed by atoms with Crippen LogP contribution in [0.5, 0.6) is 0 Å². The summed E-state index contributed by atoms with van der Waals surface area (Å²) >= 11 is 11.3. The van der Waals surface area contributed by atoms with Crippen molar-refractivity contribution in [3.8, 4) is 0 Å². The van der Waals surface area contributed by atoms with Crippen molar-refractivity contribution in [1.82, 2.24) is 15.1 Å². The van der Waals surface area contributed by atoms with E-state index < -0.39 is 6.04 Å². The van der Waals surface area contributed by atoms with Gasteiger partial charge in [0.1, 0.15) is 6.04 Å². The van der Waals surface area contributed by atoms with Crippen molar-refractivity contribution in [2.24, 2.45) is 11.7 Å². The highest BCUT2D eigenvalue weighted by Gasteiger charge is 2.33. The van der Waals surface area contributed by atoms with Crippen molar-refractivity contribution in [2.75, 3.05) is 39.3 Å². The summed E-state index contributed by atoms with van der Waals surface area (Å²) in [5.74, 6) is 0.143. The van der Waals surface area contributed by atoms with Crippen LogP contribution in [0, 0.1) is 5.92 Å². The molecule has 1 aliphatic carbocycles. The first kappa shape index (κ1) is 33.2. The van der Waals surface area contributed by atoms with E-state index in [1.54, 1.807) is 13.0 Å². The Morgan fingerprint density at radius 3 is 2.38 bits per heavy atom. The second-order valence-electron chi connectivity index (χ2n) is 9.49. The summed E-state index contributed by atoms with van der Waals surface area (Å²) < 4.78 is 5.08. The zero-order chi connectivity index (χ0) is 27.8. The predicted octanol–water partition coefficient (Wildman–Crippen LogP) is 3.93. The van der Waals surface area contributed by atoms with Gasteiger partial charge in [-0.15, -0.1) is 0 Å². The van der Waals surface area contributed by atoms with Gasteiger partial charge in [0.2, 0.25) is 11.8 Å². The van der Waals surface area contributed by atoms with Gasteiger partial charge in [-0.3, -0.25) is 19.3 Å². The van der Waals surface area contributed by atoms with Gasteiger partial charge in [-0.1, -0.05) is 55.1 Å². The molecule has 10 heteroatoms. The number of nitrogens with one attached hydrogen (secondary N) is 1. The molecule has 37 heavy (non-hydrogen) atoms. The van der Waals surface area contributed by atoms with E-state index in [9.17, 15) is 14.4 Å². The molecule has 210 valence electrons. The molecule has 2 aliphatic rings. The van der Waals surface area contributed by atoms with E-state index in [0.717, 1.165) is 31.5 Å². The van der Waals surface area contributed by atoms with Gasteiger partial charge in [0, 0.05) is 61.2 Å². The highest BCUT2D eigenvalue weighted by atomic mass is 35.5. The molecule has 0 spiro atoms. The lowest BCUT2D eigenvalue weighted by atomic mass is 9.93. The Hall–Kier alpha value is -1.87. The summed E-state index contributed by atoms with van der Waals surface area (Å²) in [4.78, 5) is 39.1. The third-order valence-corrected chi connectivity index (χ3v) is 7.32. The SMILES string of the molecule is C=C(Cl)/C=C(Cl)\C(C)=C/C.CC(NC(=O)CCN)C(=O)N1CCN(C2CCCCCC2COC=O)CC1. The van der Waals surface area contributed by atoms with Crippen molar-refractivity contribution in [1.29, 1.82) is 0 Å². The number of hydrogen-bond donors (Lipinski definition) is 2. The molecule has 0 bridgehead atoms. The number of carbonyl (C=O) groups excluding carboxylic acids is 3. The lowest BCUT2D eigenvalue weighted by Crippen LogP contribution is -2.57. The number of halogens is 2. The Balaban J connectivity index is 0.000000580. The van der Waals surface area contributed by atoms with Crippen LogP contribution < -0.4 is 11.1 Å². The quantitative estimate of drug-likeness (QED) is 0.239. The summed E-state index contributed by atoms with van der Waals surface area (Å²) in [7, 11) is 0. The monoisotopic (exact) mass is 558 g/mol. The van der Waals surface area contributed by atoms with Crippen LogP contribution in [0.15, 0.2) is 34.4 Å². The van der Waals surface area contributed by atoms with E-state index >= 15 is 0 Å². The number of hydrogen-bond acceptors (Lipinski definition) is 6. The van der Waals surface area contributed by atoms with E-state index in [-0.39, 0.29) is 24.8 Å². The highest BCUT2D eigenvalue weighted by molar-refractivity contribution is 6.35.